The lowest BCUT2D eigenvalue weighted by Crippen LogP contribution is -3.00. The molecule has 0 aliphatic heterocycles. The first-order valence-corrected chi connectivity index (χ1v) is 15.4. The molecule has 0 saturated carbocycles. The van der Waals surface area contributed by atoms with Crippen molar-refractivity contribution in [3.63, 3.8) is 0 Å². The molecule has 0 unspecified atom stereocenters. The van der Waals surface area contributed by atoms with Gasteiger partial charge in [-0.05, 0) is 57.0 Å². The number of hydrogen-bond acceptors (Lipinski definition) is 4. The van der Waals surface area contributed by atoms with Crippen LogP contribution in [-0.4, -0.2) is 39.9 Å². The van der Waals surface area contributed by atoms with Crippen LogP contribution in [0.4, 0.5) is 5.69 Å². The SMILES string of the molecule is CCC[n+]1cc(Br)cc(C(=O)N(CCC(=O)NCCNS(=O)(=O)c2ccc3ccccc3c2)c2ccccc2)c1.[Cl-]. The second-order valence-electron chi connectivity index (χ2n) is 9.28. The molecule has 0 radical (unpaired) electrons. The van der Waals surface area contributed by atoms with Crippen LogP contribution in [0.3, 0.4) is 0 Å². The molecule has 4 rings (SSSR count). The third kappa shape index (κ3) is 8.84. The van der Waals surface area contributed by atoms with Crippen LogP contribution < -0.4 is 31.9 Å². The van der Waals surface area contributed by atoms with E-state index in [2.05, 4.69) is 32.9 Å². The van der Waals surface area contributed by atoms with Crippen molar-refractivity contribution in [1.82, 2.24) is 10.0 Å². The molecule has 0 saturated heterocycles. The third-order valence-corrected chi connectivity index (χ3v) is 8.15. The van der Waals surface area contributed by atoms with Gasteiger partial charge in [0.25, 0.3) is 5.91 Å². The Morgan fingerprint density at radius 2 is 1.61 bits per heavy atom. The smallest absolute Gasteiger partial charge is 0.264 e. The molecule has 11 heteroatoms. The maximum atomic E-state index is 13.5. The van der Waals surface area contributed by atoms with Gasteiger partial charge in [-0.15, -0.1) is 0 Å². The van der Waals surface area contributed by atoms with Crippen LogP contribution in [0, 0.1) is 0 Å². The Hall–Kier alpha value is -3.31. The number of fused-ring (bicyclic) bond motifs is 1. The monoisotopic (exact) mass is 658 g/mol. The van der Waals surface area contributed by atoms with Crippen LogP contribution in [0.2, 0.25) is 0 Å². The van der Waals surface area contributed by atoms with Gasteiger partial charge in [0.2, 0.25) is 15.9 Å². The van der Waals surface area contributed by atoms with Gasteiger partial charge in [0.15, 0.2) is 12.4 Å². The van der Waals surface area contributed by atoms with E-state index in [1.54, 1.807) is 29.2 Å². The molecule has 0 aliphatic carbocycles. The zero-order valence-electron chi connectivity index (χ0n) is 22.6. The van der Waals surface area contributed by atoms with E-state index in [1.807, 2.05) is 71.6 Å². The predicted molar refractivity (Wildman–Crippen MR) is 160 cm³/mol. The minimum absolute atomic E-state index is 0. The van der Waals surface area contributed by atoms with Gasteiger partial charge in [-0.3, -0.25) is 9.59 Å². The number of halogens is 2. The summed E-state index contributed by atoms with van der Waals surface area (Å²) in [5.41, 5.74) is 1.20. The number of sulfonamides is 1. The van der Waals surface area contributed by atoms with Gasteiger partial charge >= 0.3 is 0 Å². The number of anilines is 1. The molecule has 0 spiro atoms. The summed E-state index contributed by atoms with van der Waals surface area (Å²) >= 11 is 3.49. The lowest BCUT2D eigenvalue weighted by atomic mass is 10.1. The van der Waals surface area contributed by atoms with Gasteiger partial charge in [0.1, 0.15) is 12.1 Å². The molecule has 2 N–H and O–H groups in total. The maximum absolute atomic E-state index is 13.5. The molecule has 1 aromatic heterocycles. The van der Waals surface area contributed by atoms with Gasteiger partial charge < -0.3 is 22.6 Å². The molecule has 0 fully saturated rings. The summed E-state index contributed by atoms with van der Waals surface area (Å²) in [6.45, 7) is 3.17. The third-order valence-electron chi connectivity index (χ3n) is 6.26. The molecule has 4 aromatic rings. The van der Waals surface area contributed by atoms with Crippen LogP contribution in [0.1, 0.15) is 30.1 Å². The van der Waals surface area contributed by atoms with E-state index in [4.69, 9.17) is 0 Å². The van der Waals surface area contributed by atoms with E-state index in [0.29, 0.717) is 11.3 Å². The molecule has 0 atom stereocenters. The van der Waals surface area contributed by atoms with Crippen molar-refractivity contribution in [3.8, 4) is 0 Å². The molecular weight excluding hydrogens is 628 g/mol. The molecule has 216 valence electrons. The topological polar surface area (TPSA) is 99.5 Å². The Morgan fingerprint density at radius 3 is 2.34 bits per heavy atom. The Labute approximate surface area is 255 Å². The van der Waals surface area contributed by atoms with E-state index in [-0.39, 0.29) is 55.2 Å². The molecule has 1 heterocycles. The van der Waals surface area contributed by atoms with E-state index in [0.717, 1.165) is 28.2 Å². The first kappa shape index (κ1) is 32.2. The van der Waals surface area contributed by atoms with E-state index >= 15 is 0 Å². The predicted octanol–water partition coefficient (Wildman–Crippen LogP) is 1.44. The zero-order valence-corrected chi connectivity index (χ0v) is 25.8. The van der Waals surface area contributed by atoms with Crippen LogP contribution >= 0.6 is 15.9 Å². The average molecular weight is 660 g/mol. The number of benzene rings is 3. The van der Waals surface area contributed by atoms with Crippen LogP contribution in [0.15, 0.2) is 101 Å². The number of hydrogen-bond donors (Lipinski definition) is 2. The molecule has 41 heavy (non-hydrogen) atoms. The second-order valence-corrected chi connectivity index (χ2v) is 12.0. The van der Waals surface area contributed by atoms with Gasteiger partial charge in [-0.1, -0.05) is 55.5 Å². The number of aromatic nitrogens is 1. The number of pyridine rings is 1. The molecule has 8 nitrogen and oxygen atoms in total. The average Bonchev–Trinajstić information content (AvgIpc) is 2.95. The fraction of sp³-hybridized carbons (Fsp3) is 0.233. The summed E-state index contributed by atoms with van der Waals surface area (Å²) in [5, 5.41) is 4.53. The van der Waals surface area contributed by atoms with Crippen molar-refractivity contribution in [1.29, 1.82) is 0 Å². The van der Waals surface area contributed by atoms with Crippen molar-refractivity contribution in [2.45, 2.75) is 31.2 Å². The Kier molecular flexibility index (Phi) is 11.8. The van der Waals surface area contributed by atoms with Crippen molar-refractivity contribution >= 4 is 54.2 Å². The highest BCUT2D eigenvalue weighted by molar-refractivity contribution is 9.10. The number of carbonyl (C=O) groups is 2. The standard InChI is InChI=1S/C30H31BrN4O4S.ClH/c1-2-17-34-21-25(19-26(31)22-34)30(37)35(27-10-4-3-5-11-27)18-14-29(36)32-15-16-33-40(38,39)28-13-12-23-8-6-7-9-24(23)20-28;/h3-13,19-22,33H,2,14-18H2,1H3;1H. The quantitative estimate of drug-likeness (QED) is 0.178. The summed E-state index contributed by atoms with van der Waals surface area (Å²) in [6, 6.07) is 23.5. The van der Waals surface area contributed by atoms with Crippen molar-refractivity contribution in [2.75, 3.05) is 24.5 Å². The summed E-state index contributed by atoms with van der Waals surface area (Å²) in [4.78, 5) is 27.9. The van der Waals surface area contributed by atoms with E-state index in [1.165, 1.54) is 0 Å². The molecule has 0 aliphatic rings. The first-order chi connectivity index (χ1) is 19.3. The minimum Gasteiger partial charge on any atom is -1.00 e. The number of amides is 2. The number of nitrogens with one attached hydrogen (secondary N) is 2. The summed E-state index contributed by atoms with van der Waals surface area (Å²) in [5.74, 6) is -0.498. The Morgan fingerprint density at radius 1 is 0.902 bits per heavy atom. The van der Waals surface area contributed by atoms with Gasteiger partial charge in [-0.25, -0.2) is 17.7 Å². The maximum Gasteiger partial charge on any atom is 0.264 e. The summed E-state index contributed by atoms with van der Waals surface area (Å²) in [7, 11) is -3.72. The van der Waals surface area contributed by atoms with Crippen LogP contribution in [0.5, 0.6) is 0 Å². The normalized spacial score (nSPS) is 11.1. The highest BCUT2D eigenvalue weighted by Gasteiger charge is 2.22. The summed E-state index contributed by atoms with van der Waals surface area (Å²) in [6.07, 6.45) is 4.72. The van der Waals surface area contributed by atoms with Gasteiger partial charge in [0.05, 0.1) is 9.37 Å². The van der Waals surface area contributed by atoms with Crippen molar-refractivity contribution < 1.29 is 35.0 Å². The van der Waals surface area contributed by atoms with Crippen LogP contribution in [0.25, 0.3) is 10.8 Å². The molecule has 3 aromatic carbocycles. The van der Waals surface area contributed by atoms with Crippen molar-refractivity contribution in [3.05, 3.63) is 101 Å². The van der Waals surface area contributed by atoms with Gasteiger partial charge in [0, 0.05) is 38.2 Å². The van der Waals surface area contributed by atoms with Crippen LogP contribution in [-0.2, 0) is 21.4 Å². The second kappa shape index (κ2) is 15.1. The summed E-state index contributed by atoms with van der Waals surface area (Å²) < 4.78 is 30.7. The first-order valence-electron chi connectivity index (χ1n) is 13.1. The number of carbonyl (C=O) groups excluding carboxylic acids is 2. The highest BCUT2D eigenvalue weighted by atomic mass is 79.9. The highest BCUT2D eigenvalue weighted by Crippen LogP contribution is 2.20. The lowest BCUT2D eigenvalue weighted by Gasteiger charge is -2.22. The fourth-order valence-electron chi connectivity index (χ4n) is 4.32. The fourth-order valence-corrected chi connectivity index (χ4v) is 5.90. The number of rotatable bonds is 12. The number of para-hydroxylation sites is 1. The number of nitrogens with zero attached hydrogens (tertiary/aromatic N) is 2. The van der Waals surface area contributed by atoms with Gasteiger partial charge in [-0.2, -0.15) is 0 Å². The largest absolute Gasteiger partial charge is 1.00 e. The van der Waals surface area contributed by atoms with E-state index < -0.39 is 10.0 Å². The van der Waals surface area contributed by atoms with E-state index in [9.17, 15) is 18.0 Å². The minimum atomic E-state index is -3.72. The Balaban J connectivity index is 0.00000462. The molecule has 2 amide bonds. The Bertz CT molecular complexity index is 1600. The van der Waals surface area contributed by atoms with Crippen molar-refractivity contribution in [2.24, 2.45) is 0 Å². The lowest BCUT2D eigenvalue weighted by molar-refractivity contribution is -0.697. The molecule has 0 bridgehead atoms. The molecular formula is C30H32BrClN4O4S. The number of aryl methyl sites for hydroxylation is 1. The zero-order chi connectivity index (χ0) is 28.5.